The van der Waals surface area contributed by atoms with Gasteiger partial charge >= 0.3 is 0 Å². The molecule has 0 aliphatic heterocycles. The van der Waals surface area contributed by atoms with Crippen molar-refractivity contribution in [2.24, 2.45) is 0 Å². The summed E-state index contributed by atoms with van der Waals surface area (Å²) < 4.78 is 1.08. The van der Waals surface area contributed by atoms with E-state index in [1.54, 1.807) is 0 Å². The van der Waals surface area contributed by atoms with Gasteiger partial charge in [0.2, 0.25) is 5.16 Å². The highest BCUT2D eigenvalue weighted by atomic mass is 32.2. The monoisotopic (exact) mass is 242 g/mol. The second-order valence-electron chi connectivity index (χ2n) is 3.98. The Morgan fingerprint density at radius 1 is 1.38 bits per heavy atom. The van der Waals surface area contributed by atoms with Gasteiger partial charge in [0.1, 0.15) is 5.69 Å². The molecule has 0 radical (unpaired) electrons. The van der Waals surface area contributed by atoms with Crippen LogP contribution in [0.5, 0.6) is 0 Å². The molecule has 0 aliphatic carbocycles. The maximum atomic E-state index is 12.0. The highest BCUT2D eigenvalue weighted by Crippen LogP contribution is 2.26. The lowest BCUT2D eigenvalue weighted by atomic mass is 9.82. The van der Waals surface area contributed by atoms with Crippen molar-refractivity contribution in [2.45, 2.75) is 44.2 Å². The zero-order valence-electron chi connectivity index (χ0n) is 10.1. The summed E-state index contributed by atoms with van der Waals surface area (Å²) in [4.78, 5) is 12.0. The Kier molecular flexibility index (Phi) is 3.96. The van der Waals surface area contributed by atoms with Crippen molar-refractivity contribution in [3.8, 4) is 0 Å². The second kappa shape index (κ2) is 4.86. The molecule has 0 fully saturated rings. The fourth-order valence-corrected chi connectivity index (χ4v) is 1.89. The van der Waals surface area contributed by atoms with Crippen molar-refractivity contribution in [1.82, 2.24) is 14.9 Å². The highest BCUT2D eigenvalue weighted by Gasteiger charge is 2.29. The first-order valence-corrected chi connectivity index (χ1v) is 6.52. The van der Waals surface area contributed by atoms with Gasteiger partial charge in [-0.3, -0.25) is 4.79 Å². The standard InChI is InChI=1S/C10H18N4OS/c1-5-10(3,6-2)7-8(15)14(11)9(16-4)13-12-7/h5-6,11H2,1-4H3. The average molecular weight is 242 g/mol. The number of thioether (sulfide) groups is 1. The summed E-state index contributed by atoms with van der Waals surface area (Å²) in [5.41, 5.74) is -0.0364. The zero-order chi connectivity index (χ0) is 12.3. The number of hydrogen-bond donors (Lipinski definition) is 1. The minimum absolute atomic E-state index is 0.245. The van der Waals surface area contributed by atoms with E-state index in [-0.39, 0.29) is 11.0 Å². The van der Waals surface area contributed by atoms with E-state index in [0.29, 0.717) is 10.9 Å². The molecule has 5 nitrogen and oxygen atoms in total. The first kappa shape index (κ1) is 13.0. The van der Waals surface area contributed by atoms with Crippen LogP contribution in [0.3, 0.4) is 0 Å². The van der Waals surface area contributed by atoms with Gasteiger partial charge in [-0.05, 0) is 19.1 Å². The Balaban J connectivity index is 3.38. The van der Waals surface area contributed by atoms with E-state index in [0.717, 1.165) is 17.5 Å². The van der Waals surface area contributed by atoms with Crippen molar-refractivity contribution >= 4 is 11.8 Å². The number of aromatic nitrogens is 3. The Morgan fingerprint density at radius 3 is 2.38 bits per heavy atom. The smallest absolute Gasteiger partial charge is 0.295 e. The summed E-state index contributed by atoms with van der Waals surface area (Å²) in [6.07, 6.45) is 3.49. The third-order valence-corrected chi connectivity index (χ3v) is 3.82. The molecule has 90 valence electrons. The molecule has 0 aliphatic rings. The van der Waals surface area contributed by atoms with E-state index in [1.807, 2.05) is 27.0 Å². The molecule has 0 saturated carbocycles. The fourth-order valence-electron chi connectivity index (χ4n) is 1.49. The van der Waals surface area contributed by atoms with Crippen molar-refractivity contribution in [1.29, 1.82) is 0 Å². The maximum Gasteiger partial charge on any atom is 0.295 e. The van der Waals surface area contributed by atoms with Gasteiger partial charge in [0, 0.05) is 5.41 Å². The van der Waals surface area contributed by atoms with Gasteiger partial charge < -0.3 is 5.84 Å². The molecular weight excluding hydrogens is 224 g/mol. The predicted octanol–water partition coefficient (Wildman–Crippen LogP) is 1.15. The Morgan fingerprint density at radius 2 is 1.94 bits per heavy atom. The van der Waals surface area contributed by atoms with Crippen LogP contribution >= 0.6 is 11.8 Å². The predicted molar refractivity (Wildman–Crippen MR) is 66.2 cm³/mol. The van der Waals surface area contributed by atoms with Crippen LogP contribution in [0.25, 0.3) is 0 Å². The lowest BCUT2D eigenvalue weighted by Crippen LogP contribution is -2.39. The number of nitrogen functional groups attached to an aromatic ring is 1. The normalized spacial score (nSPS) is 11.8. The molecule has 2 N–H and O–H groups in total. The van der Waals surface area contributed by atoms with Crippen LogP contribution in [0.1, 0.15) is 39.3 Å². The van der Waals surface area contributed by atoms with Crippen LogP contribution in [-0.2, 0) is 5.41 Å². The van der Waals surface area contributed by atoms with Gasteiger partial charge in [-0.15, -0.1) is 10.2 Å². The molecular formula is C10H18N4OS. The molecule has 6 heteroatoms. The Labute approximate surface area is 99.4 Å². The van der Waals surface area contributed by atoms with Crippen LogP contribution in [0, 0.1) is 0 Å². The van der Waals surface area contributed by atoms with Crippen LogP contribution < -0.4 is 11.4 Å². The zero-order valence-corrected chi connectivity index (χ0v) is 11.0. The van der Waals surface area contributed by atoms with E-state index in [4.69, 9.17) is 5.84 Å². The highest BCUT2D eigenvalue weighted by molar-refractivity contribution is 7.98. The van der Waals surface area contributed by atoms with E-state index in [9.17, 15) is 4.79 Å². The van der Waals surface area contributed by atoms with Gasteiger partial charge in [0.15, 0.2) is 0 Å². The van der Waals surface area contributed by atoms with E-state index >= 15 is 0 Å². The van der Waals surface area contributed by atoms with Gasteiger partial charge in [0.25, 0.3) is 5.56 Å². The molecule has 0 aromatic carbocycles. The molecule has 1 aromatic heterocycles. The van der Waals surface area contributed by atoms with E-state index < -0.39 is 0 Å². The molecule has 0 spiro atoms. The van der Waals surface area contributed by atoms with Crippen molar-refractivity contribution in [2.75, 3.05) is 12.1 Å². The molecule has 0 saturated heterocycles. The average Bonchev–Trinajstić information content (AvgIpc) is 2.31. The summed E-state index contributed by atoms with van der Waals surface area (Å²) in [6.45, 7) is 6.08. The summed E-state index contributed by atoms with van der Waals surface area (Å²) in [7, 11) is 0. The lowest BCUT2D eigenvalue weighted by molar-refractivity contribution is 0.406. The van der Waals surface area contributed by atoms with Crippen LogP contribution in [-0.4, -0.2) is 21.1 Å². The van der Waals surface area contributed by atoms with Gasteiger partial charge in [-0.1, -0.05) is 32.5 Å². The maximum absolute atomic E-state index is 12.0. The molecule has 1 aromatic rings. The van der Waals surface area contributed by atoms with Crippen LogP contribution in [0.2, 0.25) is 0 Å². The van der Waals surface area contributed by atoms with Crippen molar-refractivity contribution in [3.63, 3.8) is 0 Å². The Bertz CT molecular complexity index is 425. The number of rotatable bonds is 4. The molecule has 0 unspecified atom stereocenters. The van der Waals surface area contributed by atoms with Gasteiger partial charge in [-0.2, -0.15) is 4.68 Å². The van der Waals surface area contributed by atoms with E-state index in [2.05, 4.69) is 10.2 Å². The summed E-state index contributed by atoms with van der Waals surface area (Å²) in [6, 6.07) is 0. The van der Waals surface area contributed by atoms with Crippen LogP contribution in [0.4, 0.5) is 0 Å². The van der Waals surface area contributed by atoms with Gasteiger partial charge in [-0.25, -0.2) is 0 Å². The number of nitrogens with two attached hydrogens (primary N) is 1. The summed E-state index contributed by atoms with van der Waals surface area (Å²) in [5, 5.41) is 8.44. The van der Waals surface area contributed by atoms with Crippen molar-refractivity contribution in [3.05, 3.63) is 16.0 Å². The van der Waals surface area contributed by atoms with E-state index in [1.165, 1.54) is 11.8 Å². The summed E-state index contributed by atoms with van der Waals surface area (Å²) >= 11 is 1.31. The van der Waals surface area contributed by atoms with Crippen molar-refractivity contribution < 1.29 is 0 Å². The first-order valence-electron chi connectivity index (χ1n) is 5.29. The molecule has 0 amide bonds. The first-order chi connectivity index (χ1) is 7.50. The molecule has 0 bridgehead atoms. The summed E-state index contributed by atoms with van der Waals surface area (Å²) in [5.74, 6) is 5.68. The third kappa shape index (κ3) is 2.07. The number of nitrogens with zero attached hydrogens (tertiary/aromatic N) is 3. The van der Waals surface area contributed by atoms with Crippen LogP contribution in [0.15, 0.2) is 9.95 Å². The SMILES string of the molecule is CCC(C)(CC)c1nnc(SC)n(N)c1=O. The minimum Gasteiger partial charge on any atom is -0.334 e. The number of hydrogen-bond acceptors (Lipinski definition) is 5. The second-order valence-corrected chi connectivity index (χ2v) is 4.75. The topological polar surface area (TPSA) is 73.8 Å². The molecule has 1 rings (SSSR count). The fraction of sp³-hybridized carbons (Fsp3) is 0.700. The minimum atomic E-state index is -0.248. The lowest BCUT2D eigenvalue weighted by Gasteiger charge is -2.24. The Hall–Kier alpha value is -1.04. The largest absolute Gasteiger partial charge is 0.334 e. The quantitative estimate of drug-likeness (QED) is 0.633. The third-order valence-electron chi connectivity index (χ3n) is 3.18. The molecule has 0 atom stereocenters. The van der Waals surface area contributed by atoms with Gasteiger partial charge in [0.05, 0.1) is 0 Å². The molecule has 1 heterocycles. The molecule has 16 heavy (non-hydrogen) atoms.